The number of aromatic nitrogens is 2. The molecule has 0 atom stereocenters. The van der Waals surface area contributed by atoms with Gasteiger partial charge in [0, 0.05) is 31.2 Å². The lowest BCUT2D eigenvalue weighted by Gasteiger charge is -2.33. The Kier molecular flexibility index (Phi) is 4.00. The summed E-state index contributed by atoms with van der Waals surface area (Å²) in [5, 5.41) is 0. The van der Waals surface area contributed by atoms with Crippen molar-refractivity contribution in [2.45, 2.75) is 19.3 Å². The second-order valence-electron chi connectivity index (χ2n) is 7.35. The summed E-state index contributed by atoms with van der Waals surface area (Å²) in [6, 6.07) is 16.2. The second kappa shape index (κ2) is 6.65. The number of hydrogen-bond acceptors (Lipinski definition) is 4. The van der Waals surface area contributed by atoms with Gasteiger partial charge in [0.15, 0.2) is 0 Å². The summed E-state index contributed by atoms with van der Waals surface area (Å²) in [4.78, 5) is 26.6. The Bertz CT molecular complexity index is 994. The van der Waals surface area contributed by atoms with Gasteiger partial charge in [0.2, 0.25) is 5.91 Å². The van der Waals surface area contributed by atoms with Crippen molar-refractivity contribution < 1.29 is 4.79 Å². The summed E-state index contributed by atoms with van der Waals surface area (Å²) < 4.78 is 0. The van der Waals surface area contributed by atoms with E-state index >= 15 is 0 Å². The molecular weight excluding hydrogens is 336 g/mol. The van der Waals surface area contributed by atoms with Crippen LogP contribution >= 0.6 is 0 Å². The molecule has 2 aromatic carbocycles. The zero-order valence-electron chi connectivity index (χ0n) is 15.2. The van der Waals surface area contributed by atoms with Crippen molar-refractivity contribution in [1.29, 1.82) is 0 Å². The van der Waals surface area contributed by atoms with Crippen molar-refractivity contribution in [2.24, 2.45) is 5.92 Å². The van der Waals surface area contributed by atoms with Crippen molar-refractivity contribution >= 4 is 28.4 Å². The number of nitrogens with zero attached hydrogens (tertiary/aromatic N) is 4. The molecule has 0 bridgehead atoms. The highest BCUT2D eigenvalue weighted by Crippen LogP contribution is 2.31. The zero-order chi connectivity index (χ0) is 18.2. The summed E-state index contributed by atoms with van der Waals surface area (Å²) >= 11 is 0. The average molecular weight is 358 g/mol. The van der Waals surface area contributed by atoms with Crippen LogP contribution in [-0.4, -0.2) is 35.5 Å². The molecule has 0 unspecified atom stereocenters. The molecule has 1 aromatic heterocycles. The number of hydrogen-bond donors (Lipinski definition) is 0. The second-order valence-corrected chi connectivity index (χ2v) is 7.35. The van der Waals surface area contributed by atoms with Gasteiger partial charge in [-0.2, -0.15) is 0 Å². The Morgan fingerprint density at radius 1 is 0.926 bits per heavy atom. The fourth-order valence-corrected chi connectivity index (χ4v) is 4.24. The van der Waals surface area contributed by atoms with E-state index in [-0.39, 0.29) is 11.8 Å². The third-order valence-corrected chi connectivity index (χ3v) is 5.76. The van der Waals surface area contributed by atoms with Gasteiger partial charge in [0.05, 0.1) is 17.2 Å². The number of carbonyl (C=O) groups is 1. The molecule has 1 amide bonds. The monoisotopic (exact) mass is 358 g/mol. The minimum atomic E-state index is 0.0980. The van der Waals surface area contributed by atoms with E-state index < -0.39 is 0 Å². The molecule has 0 aliphatic carbocycles. The van der Waals surface area contributed by atoms with Gasteiger partial charge in [-0.1, -0.05) is 30.3 Å². The molecule has 3 heterocycles. The van der Waals surface area contributed by atoms with Gasteiger partial charge in [-0.05, 0) is 43.0 Å². The summed E-state index contributed by atoms with van der Waals surface area (Å²) in [5.74, 6) is 1.29. The maximum atomic E-state index is 13.1. The summed E-state index contributed by atoms with van der Waals surface area (Å²) in [7, 11) is 0. The number of para-hydroxylation sites is 3. The first kappa shape index (κ1) is 16.2. The first-order valence-electron chi connectivity index (χ1n) is 9.65. The SMILES string of the molecule is O=C(C1CCN(c2cnc3ccccc3n2)CC1)N1CCc2ccccc21. The van der Waals surface area contributed by atoms with Crippen LogP contribution in [0.5, 0.6) is 0 Å². The van der Waals surface area contributed by atoms with Crippen LogP contribution < -0.4 is 9.80 Å². The Morgan fingerprint density at radius 3 is 2.52 bits per heavy atom. The van der Waals surface area contributed by atoms with E-state index in [2.05, 4.69) is 28.1 Å². The topological polar surface area (TPSA) is 49.3 Å². The number of carbonyl (C=O) groups excluding carboxylic acids is 1. The molecule has 2 aliphatic rings. The van der Waals surface area contributed by atoms with Crippen LogP contribution in [0.3, 0.4) is 0 Å². The van der Waals surface area contributed by atoms with Gasteiger partial charge in [-0.3, -0.25) is 9.78 Å². The van der Waals surface area contributed by atoms with Crippen molar-refractivity contribution in [2.75, 3.05) is 29.4 Å². The highest BCUT2D eigenvalue weighted by atomic mass is 16.2. The van der Waals surface area contributed by atoms with Crippen LogP contribution in [0.25, 0.3) is 11.0 Å². The van der Waals surface area contributed by atoms with Gasteiger partial charge in [-0.15, -0.1) is 0 Å². The average Bonchev–Trinajstić information content (AvgIpc) is 3.17. The van der Waals surface area contributed by atoms with E-state index in [1.54, 1.807) is 0 Å². The largest absolute Gasteiger partial charge is 0.355 e. The van der Waals surface area contributed by atoms with E-state index in [0.29, 0.717) is 0 Å². The van der Waals surface area contributed by atoms with Gasteiger partial charge in [0.25, 0.3) is 0 Å². The lowest BCUT2D eigenvalue weighted by atomic mass is 9.95. The number of anilines is 2. The zero-order valence-corrected chi connectivity index (χ0v) is 15.2. The third-order valence-electron chi connectivity index (χ3n) is 5.76. The number of rotatable bonds is 2. The van der Waals surface area contributed by atoms with E-state index in [1.165, 1.54) is 5.56 Å². The van der Waals surface area contributed by atoms with Crippen molar-refractivity contribution in [3.8, 4) is 0 Å². The molecule has 0 N–H and O–H groups in total. The molecule has 0 saturated carbocycles. The van der Waals surface area contributed by atoms with Crippen LogP contribution in [0.15, 0.2) is 54.7 Å². The lowest BCUT2D eigenvalue weighted by Crippen LogP contribution is -2.42. The van der Waals surface area contributed by atoms with Crippen molar-refractivity contribution in [3.05, 3.63) is 60.3 Å². The van der Waals surface area contributed by atoms with E-state index in [9.17, 15) is 4.79 Å². The highest BCUT2D eigenvalue weighted by Gasteiger charge is 2.32. The molecule has 5 rings (SSSR count). The summed E-state index contributed by atoms with van der Waals surface area (Å²) in [6.07, 6.45) is 4.55. The Labute approximate surface area is 158 Å². The fourth-order valence-electron chi connectivity index (χ4n) is 4.24. The van der Waals surface area contributed by atoms with E-state index in [4.69, 9.17) is 4.98 Å². The van der Waals surface area contributed by atoms with Gasteiger partial charge in [-0.25, -0.2) is 4.98 Å². The van der Waals surface area contributed by atoms with Gasteiger partial charge < -0.3 is 9.80 Å². The highest BCUT2D eigenvalue weighted by molar-refractivity contribution is 5.97. The number of benzene rings is 2. The number of fused-ring (bicyclic) bond motifs is 2. The first-order valence-corrected chi connectivity index (χ1v) is 9.65. The minimum absolute atomic E-state index is 0.0980. The van der Waals surface area contributed by atoms with Crippen LogP contribution in [0.1, 0.15) is 18.4 Å². The molecule has 0 spiro atoms. The van der Waals surface area contributed by atoms with Gasteiger partial charge in [0.1, 0.15) is 5.82 Å². The molecule has 5 heteroatoms. The van der Waals surface area contributed by atoms with Crippen molar-refractivity contribution in [1.82, 2.24) is 9.97 Å². The quantitative estimate of drug-likeness (QED) is 0.704. The molecule has 0 radical (unpaired) electrons. The molecule has 5 nitrogen and oxygen atoms in total. The standard InChI is InChI=1S/C22H22N4O/c27-22(26-14-11-16-5-1-4-8-20(16)26)17-9-12-25(13-10-17)21-15-23-18-6-2-3-7-19(18)24-21/h1-8,15,17H,9-14H2. The molecule has 2 aliphatic heterocycles. The lowest BCUT2D eigenvalue weighted by molar-refractivity contribution is -0.122. The smallest absolute Gasteiger partial charge is 0.230 e. The first-order chi connectivity index (χ1) is 13.3. The molecular formula is C22H22N4O. The van der Waals surface area contributed by atoms with Crippen LogP contribution in [0, 0.1) is 5.92 Å². The molecule has 1 fully saturated rings. The summed E-state index contributed by atoms with van der Waals surface area (Å²) in [5.41, 5.74) is 4.22. The Hall–Kier alpha value is -2.95. The predicted molar refractivity (Wildman–Crippen MR) is 107 cm³/mol. The predicted octanol–water partition coefficient (Wildman–Crippen LogP) is 3.44. The van der Waals surface area contributed by atoms with Gasteiger partial charge >= 0.3 is 0 Å². The molecule has 136 valence electrons. The Morgan fingerprint density at radius 2 is 1.67 bits per heavy atom. The van der Waals surface area contributed by atoms with Crippen LogP contribution in [0.2, 0.25) is 0 Å². The minimum Gasteiger partial charge on any atom is -0.355 e. The summed E-state index contributed by atoms with van der Waals surface area (Å²) in [6.45, 7) is 2.51. The Balaban J connectivity index is 1.28. The number of piperidine rings is 1. The van der Waals surface area contributed by atoms with E-state index in [1.807, 2.05) is 41.4 Å². The van der Waals surface area contributed by atoms with Crippen molar-refractivity contribution in [3.63, 3.8) is 0 Å². The van der Waals surface area contributed by atoms with Crippen LogP contribution in [-0.2, 0) is 11.2 Å². The molecule has 3 aromatic rings. The van der Waals surface area contributed by atoms with Crippen LogP contribution in [0.4, 0.5) is 11.5 Å². The fraction of sp³-hybridized carbons (Fsp3) is 0.318. The number of amides is 1. The normalized spacial score (nSPS) is 17.3. The maximum Gasteiger partial charge on any atom is 0.230 e. The van der Waals surface area contributed by atoms with E-state index in [0.717, 1.165) is 61.4 Å². The molecule has 27 heavy (non-hydrogen) atoms. The molecule has 1 saturated heterocycles. The maximum absolute atomic E-state index is 13.1. The third kappa shape index (κ3) is 2.93.